The molecule has 0 aliphatic rings. The van der Waals surface area contributed by atoms with Crippen molar-refractivity contribution in [1.29, 1.82) is 0 Å². The minimum atomic E-state index is -7.33. The SMILES string of the molecule is C=PC(F)(F)C(F)(F)C(F)(F)C(F)(F)C(F)(F)F. The Balaban J connectivity index is 5.87. The van der Waals surface area contributed by atoms with Crippen molar-refractivity contribution < 1.29 is 48.3 Å². The molecule has 0 aliphatic carbocycles. The van der Waals surface area contributed by atoms with Crippen molar-refractivity contribution >= 4 is 14.5 Å². The van der Waals surface area contributed by atoms with E-state index in [9.17, 15) is 48.3 Å². The van der Waals surface area contributed by atoms with Crippen LogP contribution in [-0.4, -0.2) is 35.9 Å². The lowest BCUT2D eigenvalue weighted by atomic mass is 10.0. The van der Waals surface area contributed by atoms with Crippen molar-refractivity contribution in [3.8, 4) is 0 Å². The molecule has 0 saturated heterocycles. The highest BCUT2D eigenvalue weighted by Gasteiger charge is 2.86. The fourth-order valence-corrected chi connectivity index (χ4v) is 1.00. The molecule has 0 amide bonds. The lowest BCUT2D eigenvalue weighted by Gasteiger charge is -2.35. The minimum absolute atomic E-state index is 2.03. The molecule has 0 aromatic heterocycles. The van der Waals surface area contributed by atoms with Crippen LogP contribution in [0.3, 0.4) is 0 Å². The van der Waals surface area contributed by atoms with Gasteiger partial charge in [-0.25, -0.2) is 0 Å². The van der Waals surface area contributed by atoms with Crippen molar-refractivity contribution in [2.75, 3.05) is 0 Å². The van der Waals surface area contributed by atoms with Crippen LogP contribution in [0.15, 0.2) is 0 Å². The van der Waals surface area contributed by atoms with Crippen molar-refractivity contribution in [3.63, 3.8) is 0 Å². The zero-order valence-electron chi connectivity index (χ0n) is 7.81. The summed E-state index contributed by atoms with van der Waals surface area (Å²) in [5.74, 6) is -21.6. The van der Waals surface area contributed by atoms with Gasteiger partial charge in [-0.05, 0) is 8.20 Å². The zero-order valence-corrected chi connectivity index (χ0v) is 8.71. The summed E-state index contributed by atoms with van der Waals surface area (Å²) in [5.41, 5.74) is -5.86. The highest BCUT2D eigenvalue weighted by Crippen LogP contribution is 2.59. The molecule has 12 heteroatoms. The van der Waals surface area contributed by atoms with E-state index in [1.807, 2.05) is 0 Å². The van der Waals surface area contributed by atoms with E-state index >= 15 is 0 Å². The van der Waals surface area contributed by atoms with E-state index in [2.05, 4.69) is 6.30 Å². The van der Waals surface area contributed by atoms with E-state index in [1.165, 1.54) is 0 Å². The summed E-state index contributed by atoms with van der Waals surface area (Å²) >= 11 is 0. The van der Waals surface area contributed by atoms with Gasteiger partial charge >= 0.3 is 29.6 Å². The third-order valence-corrected chi connectivity index (χ3v) is 2.40. The average molecular weight is 314 g/mol. The molecule has 0 radical (unpaired) electrons. The first-order chi connectivity index (χ1) is 7.56. The largest absolute Gasteiger partial charge is 0.460 e. The summed E-state index contributed by atoms with van der Waals surface area (Å²) in [6, 6.07) is 0. The van der Waals surface area contributed by atoms with Gasteiger partial charge in [-0.3, -0.25) is 0 Å². The van der Waals surface area contributed by atoms with Gasteiger partial charge < -0.3 is 0 Å². The molecular formula is C6H2F11P. The minimum Gasteiger partial charge on any atom is -0.192 e. The molecule has 0 unspecified atom stereocenters. The average Bonchev–Trinajstić information content (AvgIpc) is 2.15. The fraction of sp³-hybridized carbons (Fsp3) is 0.833. The molecule has 0 atom stereocenters. The number of rotatable bonds is 4. The van der Waals surface area contributed by atoms with Crippen molar-refractivity contribution in [2.45, 2.75) is 29.6 Å². The van der Waals surface area contributed by atoms with Gasteiger partial charge in [0.15, 0.2) is 0 Å². The Morgan fingerprint density at radius 2 is 0.889 bits per heavy atom. The number of hydrogen-bond donors (Lipinski definition) is 0. The summed E-state index contributed by atoms with van der Waals surface area (Å²) in [7, 11) is -2.03. The Morgan fingerprint density at radius 1 is 0.556 bits per heavy atom. The molecule has 108 valence electrons. The van der Waals surface area contributed by atoms with Gasteiger partial charge in [0.25, 0.3) is 0 Å². The van der Waals surface area contributed by atoms with Gasteiger partial charge in [-0.1, -0.05) is 6.30 Å². The number of alkyl halides is 11. The van der Waals surface area contributed by atoms with Gasteiger partial charge in [-0.2, -0.15) is 48.3 Å². The normalized spacial score (nSPS) is 16.2. The second-order valence-electron chi connectivity index (χ2n) is 2.92. The van der Waals surface area contributed by atoms with Gasteiger partial charge in [0.1, 0.15) is 0 Å². The molecule has 0 saturated carbocycles. The fourth-order valence-electron chi connectivity index (χ4n) is 0.663. The molecule has 0 aromatic carbocycles. The van der Waals surface area contributed by atoms with Crippen LogP contribution in [0, 0.1) is 0 Å². The zero-order chi connectivity index (χ0) is 15.2. The van der Waals surface area contributed by atoms with E-state index in [0.29, 0.717) is 0 Å². The lowest BCUT2D eigenvalue weighted by molar-refractivity contribution is -0.412. The Labute approximate surface area is 93.6 Å². The van der Waals surface area contributed by atoms with E-state index in [4.69, 9.17) is 0 Å². The van der Waals surface area contributed by atoms with Crippen LogP contribution in [0.2, 0.25) is 0 Å². The standard InChI is InChI=1S/C6H2F11P/c1-18-6(16,17)4(11,12)2(7,8)3(9,10)5(13,14)15/h1H2. The molecule has 0 aromatic rings. The van der Waals surface area contributed by atoms with Crippen LogP contribution < -0.4 is 0 Å². The molecule has 0 rings (SSSR count). The maximum atomic E-state index is 12.5. The predicted octanol–water partition coefficient (Wildman–Crippen LogP) is 4.43. The summed E-state index contributed by atoms with van der Waals surface area (Å²) in [6.07, 6.45) is -5.05. The van der Waals surface area contributed by atoms with Crippen LogP contribution in [0.5, 0.6) is 0 Å². The predicted molar refractivity (Wildman–Crippen MR) is 39.9 cm³/mol. The van der Waals surface area contributed by atoms with Crippen LogP contribution in [0.4, 0.5) is 48.3 Å². The monoisotopic (exact) mass is 314 g/mol. The maximum Gasteiger partial charge on any atom is 0.460 e. The smallest absolute Gasteiger partial charge is 0.192 e. The molecule has 0 nitrogen and oxygen atoms in total. The van der Waals surface area contributed by atoms with Crippen LogP contribution in [0.1, 0.15) is 0 Å². The quantitative estimate of drug-likeness (QED) is 0.532. The molecule has 0 bridgehead atoms. The topological polar surface area (TPSA) is 0 Å². The number of halogens is 11. The maximum absolute atomic E-state index is 12.5. The van der Waals surface area contributed by atoms with Crippen LogP contribution in [-0.2, 0) is 0 Å². The molecule has 0 heterocycles. The first-order valence-electron chi connectivity index (χ1n) is 3.62. The van der Waals surface area contributed by atoms with Gasteiger partial charge in [0.2, 0.25) is 0 Å². The number of hydrogen-bond acceptors (Lipinski definition) is 0. The molecule has 0 N–H and O–H groups in total. The highest BCUT2D eigenvalue weighted by molar-refractivity contribution is 7.38. The van der Waals surface area contributed by atoms with Gasteiger partial charge in [0, 0.05) is 0 Å². The van der Waals surface area contributed by atoms with E-state index < -0.39 is 37.8 Å². The second kappa shape index (κ2) is 4.21. The first-order valence-corrected chi connectivity index (χ1v) is 4.70. The molecular weight excluding hydrogens is 312 g/mol. The second-order valence-corrected chi connectivity index (χ2v) is 3.80. The van der Waals surface area contributed by atoms with Crippen molar-refractivity contribution in [2.24, 2.45) is 0 Å². The Kier molecular flexibility index (Phi) is 4.07. The summed E-state index contributed by atoms with van der Waals surface area (Å²) in [4.78, 5) is 0. The van der Waals surface area contributed by atoms with E-state index in [1.54, 1.807) is 0 Å². The van der Waals surface area contributed by atoms with Gasteiger partial charge in [0.05, 0.1) is 0 Å². The van der Waals surface area contributed by atoms with E-state index in [0.717, 1.165) is 0 Å². The van der Waals surface area contributed by atoms with Crippen molar-refractivity contribution in [1.82, 2.24) is 0 Å². The first kappa shape index (κ1) is 17.4. The molecule has 0 spiro atoms. The van der Waals surface area contributed by atoms with Crippen LogP contribution >= 0.6 is 8.20 Å². The van der Waals surface area contributed by atoms with Crippen molar-refractivity contribution in [3.05, 3.63) is 0 Å². The molecule has 18 heavy (non-hydrogen) atoms. The third kappa shape index (κ3) is 2.17. The Hall–Kier alpha value is -0.600. The summed E-state index contributed by atoms with van der Waals surface area (Å²) in [5, 5.41) is 0. The lowest BCUT2D eigenvalue weighted by Crippen LogP contribution is -2.65. The third-order valence-electron chi connectivity index (χ3n) is 1.72. The highest BCUT2D eigenvalue weighted by atomic mass is 31.1. The summed E-state index contributed by atoms with van der Waals surface area (Å²) in [6.45, 7) is 0. The molecule has 0 aliphatic heterocycles. The Morgan fingerprint density at radius 3 is 1.11 bits per heavy atom. The summed E-state index contributed by atoms with van der Waals surface area (Å²) < 4.78 is 133. The van der Waals surface area contributed by atoms with E-state index in [-0.39, 0.29) is 0 Å². The molecule has 0 fully saturated rings. The Bertz CT molecular complexity index is 327. The van der Waals surface area contributed by atoms with Crippen LogP contribution in [0.25, 0.3) is 0 Å². The van der Waals surface area contributed by atoms with Gasteiger partial charge in [-0.15, -0.1) is 0 Å².